The summed E-state index contributed by atoms with van der Waals surface area (Å²) < 4.78 is 10.5. The Bertz CT molecular complexity index is 780. The van der Waals surface area contributed by atoms with Crippen LogP contribution in [0.4, 0.5) is 0 Å². The number of methoxy groups -OCH3 is 1. The third-order valence-electron chi connectivity index (χ3n) is 3.54. The van der Waals surface area contributed by atoms with Crippen LogP contribution in [0.25, 0.3) is 11.4 Å². The van der Waals surface area contributed by atoms with Crippen LogP contribution in [-0.2, 0) is 19.5 Å². The molecule has 0 aliphatic rings. The van der Waals surface area contributed by atoms with E-state index in [1.165, 1.54) is 0 Å². The Kier molecular flexibility index (Phi) is 4.85. The Morgan fingerprint density at radius 1 is 1.17 bits per heavy atom. The molecule has 2 heterocycles. The molecule has 24 heavy (non-hydrogen) atoms. The van der Waals surface area contributed by atoms with Crippen LogP contribution in [0, 0.1) is 0 Å². The molecule has 0 aliphatic heterocycles. The molecule has 0 spiro atoms. The quantitative estimate of drug-likeness (QED) is 0.709. The molecule has 0 radical (unpaired) electrons. The fourth-order valence-corrected chi connectivity index (χ4v) is 2.28. The number of aryl methyl sites for hydroxylation is 1. The van der Waals surface area contributed by atoms with Crippen molar-refractivity contribution in [3.05, 3.63) is 41.8 Å². The van der Waals surface area contributed by atoms with Gasteiger partial charge in [0.2, 0.25) is 11.7 Å². The molecule has 8 heteroatoms. The highest BCUT2D eigenvalue weighted by molar-refractivity contribution is 5.55. The molecular formula is C16H20N6O2. The molecular weight excluding hydrogens is 308 g/mol. The van der Waals surface area contributed by atoms with Gasteiger partial charge in [-0.1, -0.05) is 12.1 Å². The van der Waals surface area contributed by atoms with Gasteiger partial charge in [-0.05, 0) is 31.3 Å². The molecule has 2 aromatic heterocycles. The molecule has 3 aromatic rings. The van der Waals surface area contributed by atoms with Crippen LogP contribution in [0.5, 0.6) is 5.75 Å². The Morgan fingerprint density at radius 3 is 2.62 bits per heavy atom. The SMILES string of the molecule is CCc1n[nH]c(CN(C)Cc2nc(-c3ccc(OC)cc3)no2)n1. The predicted molar refractivity (Wildman–Crippen MR) is 87.2 cm³/mol. The summed E-state index contributed by atoms with van der Waals surface area (Å²) in [5.41, 5.74) is 0.885. The second-order valence-corrected chi connectivity index (χ2v) is 5.46. The van der Waals surface area contributed by atoms with Crippen molar-refractivity contribution < 1.29 is 9.26 Å². The minimum absolute atomic E-state index is 0.533. The first kappa shape index (κ1) is 16.1. The maximum Gasteiger partial charge on any atom is 0.241 e. The van der Waals surface area contributed by atoms with E-state index in [0.717, 1.165) is 29.4 Å². The minimum atomic E-state index is 0.533. The highest BCUT2D eigenvalue weighted by atomic mass is 16.5. The lowest BCUT2D eigenvalue weighted by molar-refractivity contribution is 0.256. The largest absolute Gasteiger partial charge is 0.497 e. The van der Waals surface area contributed by atoms with Gasteiger partial charge in [0, 0.05) is 12.0 Å². The van der Waals surface area contributed by atoms with E-state index < -0.39 is 0 Å². The molecule has 0 unspecified atom stereocenters. The summed E-state index contributed by atoms with van der Waals surface area (Å²) in [7, 11) is 3.60. The van der Waals surface area contributed by atoms with Crippen molar-refractivity contribution in [1.29, 1.82) is 0 Å². The zero-order valence-electron chi connectivity index (χ0n) is 14.0. The van der Waals surface area contributed by atoms with Gasteiger partial charge in [0.25, 0.3) is 0 Å². The van der Waals surface area contributed by atoms with Crippen molar-refractivity contribution in [2.75, 3.05) is 14.2 Å². The van der Waals surface area contributed by atoms with Gasteiger partial charge >= 0.3 is 0 Å². The van der Waals surface area contributed by atoms with Crippen molar-refractivity contribution >= 4 is 0 Å². The standard InChI is InChI=1S/C16H20N6O2/c1-4-13-17-14(20-19-13)9-22(2)10-15-18-16(21-24-15)11-5-7-12(23-3)8-6-11/h5-8H,4,9-10H2,1-3H3,(H,17,19,20). The number of nitrogens with zero attached hydrogens (tertiary/aromatic N) is 5. The number of benzene rings is 1. The average Bonchev–Trinajstić information content (AvgIpc) is 3.24. The van der Waals surface area contributed by atoms with Gasteiger partial charge in [-0.25, -0.2) is 4.98 Å². The lowest BCUT2D eigenvalue weighted by Crippen LogP contribution is -2.18. The van der Waals surface area contributed by atoms with Gasteiger partial charge in [-0.15, -0.1) is 0 Å². The Morgan fingerprint density at radius 2 is 1.96 bits per heavy atom. The summed E-state index contributed by atoms with van der Waals surface area (Å²) in [6, 6.07) is 7.54. The van der Waals surface area contributed by atoms with E-state index in [1.807, 2.05) is 43.1 Å². The lowest BCUT2D eigenvalue weighted by atomic mass is 10.2. The molecule has 0 amide bonds. The lowest BCUT2D eigenvalue weighted by Gasteiger charge is -2.11. The van der Waals surface area contributed by atoms with Gasteiger partial charge < -0.3 is 9.26 Å². The molecule has 1 aromatic carbocycles. The number of hydrogen-bond acceptors (Lipinski definition) is 7. The summed E-state index contributed by atoms with van der Waals surface area (Å²) in [5, 5.41) is 11.1. The number of aromatic amines is 1. The van der Waals surface area contributed by atoms with E-state index in [0.29, 0.717) is 24.8 Å². The Labute approximate surface area is 139 Å². The molecule has 0 saturated heterocycles. The second-order valence-electron chi connectivity index (χ2n) is 5.46. The fourth-order valence-electron chi connectivity index (χ4n) is 2.28. The van der Waals surface area contributed by atoms with Gasteiger partial charge in [0.05, 0.1) is 20.2 Å². The van der Waals surface area contributed by atoms with Crippen LogP contribution in [0.1, 0.15) is 24.5 Å². The van der Waals surface area contributed by atoms with E-state index in [2.05, 4.69) is 25.3 Å². The molecule has 126 valence electrons. The van der Waals surface area contributed by atoms with Crippen LogP contribution in [0.3, 0.4) is 0 Å². The van der Waals surface area contributed by atoms with Gasteiger partial charge in [-0.3, -0.25) is 10.00 Å². The third kappa shape index (κ3) is 3.77. The molecule has 0 bridgehead atoms. The van der Waals surface area contributed by atoms with Crippen molar-refractivity contribution in [2.45, 2.75) is 26.4 Å². The fraction of sp³-hybridized carbons (Fsp3) is 0.375. The number of aromatic nitrogens is 5. The normalized spacial score (nSPS) is 11.2. The average molecular weight is 328 g/mol. The monoisotopic (exact) mass is 328 g/mol. The third-order valence-corrected chi connectivity index (χ3v) is 3.54. The van der Waals surface area contributed by atoms with Crippen LogP contribution >= 0.6 is 0 Å². The van der Waals surface area contributed by atoms with Crippen molar-refractivity contribution in [2.24, 2.45) is 0 Å². The maximum atomic E-state index is 5.33. The summed E-state index contributed by atoms with van der Waals surface area (Å²) in [6.45, 7) is 3.19. The summed E-state index contributed by atoms with van der Waals surface area (Å²) in [5.74, 6) is 3.55. The van der Waals surface area contributed by atoms with Crippen molar-refractivity contribution in [3.8, 4) is 17.1 Å². The van der Waals surface area contributed by atoms with Crippen molar-refractivity contribution in [3.63, 3.8) is 0 Å². The topological polar surface area (TPSA) is 93.0 Å². The first-order valence-corrected chi connectivity index (χ1v) is 7.73. The summed E-state index contributed by atoms with van der Waals surface area (Å²) in [4.78, 5) is 10.9. The zero-order chi connectivity index (χ0) is 16.9. The maximum absolute atomic E-state index is 5.33. The first-order valence-electron chi connectivity index (χ1n) is 7.73. The number of nitrogens with one attached hydrogen (secondary N) is 1. The number of H-pyrrole nitrogens is 1. The smallest absolute Gasteiger partial charge is 0.241 e. The number of rotatable bonds is 7. The number of hydrogen-bond donors (Lipinski definition) is 1. The Hall–Kier alpha value is -2.74. The molecule has 0 atom stereocenters. The molecule has 1 N–H and O–H groups in total. The van der Waals surface area contributed by atoms with Crippen LogP contribution in [0.2, 0.25) is 0 Å². The van der Waals surface area contributed by atoms with Gasteiger partial charge in [-0.2, -0.15) is 10.1 Å². The highest BCUT2D eigenvalue weighted by Gasteiger charge is 2.12. The van der Waals surface area contributed by atoms with Gasteiger partial charge in [0.1, 0.15) is 17.4 Å². The molecule has 0 fully saturated rings. The molecule has 0 aliphatic carbocycles. The van der Waals surface area contributed by atoms with Gasteiger partial charge in [0.15, 0.2) is 0 Å². The number of ether oxygens (including phenoxy) is 1. The Balaban J connectivity index is 1.62. The van der Waals surface area contributed by atoms with Crippen molar-refractivity contribution in [1.82, 2.24) is 30.2 Å². The second kappa shape index (κ2) is 7.22. The highest BCUT2D eigenvalue weighted by Crippen LogP contribution is 2.20. The van der Waals surface area contributed by atoms with E-state index in [-0.39, 0.29) is 0 Å². The van der Waals surface area contributed by atoms with E-state index >= 15 is 0 Å². The van der Waals surface area contributed by atoms with E-state index in [9.17, 15) is 0 Å². The summed E-state index contributed by atoms with van der Waals surface area (Å²) >= 11 is 0. The predicted octanol–water partition coefficient (Wildman–Crippen LogP) is 2.06. The van der Waals surface area contributed by atoms with Crippen LogP contribution < -0.4 is 4.74 Å². The summed E-state index contributed by atoms with van der Waals surface area (Å²) in [6.07, 6.45) is 0.815. The molecule has 8 nitrogen and oxygen atoms in total. The van der Waals surface area contributed by atoms with E-state index in [1.54, 1.807) is 7.11 Å². The zero-order valence-corrected chi connectivity index (χ0v) is 14.0. The van der Waals surface area contributed by atoms with E-state index in [4.69, 9.17) is 9.26 Å². The van der Waals surface area contributed by atoms with Crippen LogP contribution in [0.15, 0.2) is 28.8 Å². The molecule has 3 rings (SSSR count). The van der Waals surface area contributed by atoms with Crippen LogP contribution in [-0.4, -0.2) is 44.4 Å². The molecule has 0 saturated carbocycles. The minimum Gasteiger partial charge on any atom is -0.497 e. The first-order chi connectivity index (χ1) is 11.7.